The van der Waals surface area contributed by atoms with Gasteiger partial charge in [-0.05, 0) is 31.2 Å². The summed E-state index contributed by atoms with van der Waals surface area (Å²) < 4.78 is 7.70. The SMILES string of the molecule is C[C@@H](Sc1nnc(COc2ccccc2Cl)n1-c1ccccc1)C(=O)N1CCNC1=O. The summed E-state index contributed by atoms with van der Waals surface area (Å²) in [6, 6.07) is 16.4. The second-order valence-corrected chi connectivity index (χ2v) is 8.49. The molecule has 0 saturated carbocycles. The second-order valence-electron chi connectivity index (χ2n) is 6.77. The van der Waals surface area contributed by atoms with Crippen molar-refractivity contribution in [3.05, 3.63) is 65.4 Å². The Kier molecular flexibility index (Phi) is 6.43. The number of hydrogen-bond donors (Lipinski definition) is 1. The average molecular weight is 458 g/mol. The molecule has 10 heteroatoms. The molecule has 8 nitrogen and oxygen atoms in total. The van der Waals surface area contributed by atoms with E-state index in [-0.39, 0.29) is 18.5 Å². The first-order valence-corrected chi connectivity index (χ1v) is 10.9. The van der Waals surface area contributed by atoms with Gasteiger partial charge < -0.3 is 10.1 Å². The van der Waals surface area contributed by atoms with Gasteiger partial charge in [0.2, 0.25) is 5.91 Å². The van der Waals surface area contributed by atoms with Crippen molar-refractivity contribution in [3.63, 3.8) is 0 Å². The molecule has 1 aliphatic rings. The molecule has 31 heavy (non-hydrogen) atoms. The van der Waals surface area contributed by atoms with E-state index in [0.717, 1.165) is 5.69 Å². The standard InChI is InChI=1S/C21H20ClN5O3S/c1-14(19(28)26-12-11-23-20(26)29)31-21-25-24-18(27(21)15-7-3-2-4-8-15)13-30-17-10-6-5-9-16(17)22/h2-10,14H,11-13H2,1H3,(H,23,29)/t14-/m1/s1. The fraction of sp³-hybridized carbons (Fsp3) is 0.238. The lowest BCUT2D eigenvalue weighted by Gasteiger charge is -2.17. The van der Waals surface area contributed by atoms with Crippen LogP contribution in [-0.2, 0) is 11.4 Å². The van der Waals surface area contributed by atoms with Gasteiger partial charge in [0.15, 0.2) is 11.0 Å². The lowest BCUT2D eigenvalue weighted by Crippen LogP contribution is -2.39. The molecule has 0 unspecified atom stereocenters. The van der Waals surface area contributed by atoms with Gasteiger partial charge in [-0.15, -0.1) is 10.2 Å². The fourth-order valence-corrected chi connectivity index (χ4v) is 4.26. The summed E-state index contributed by atoms with van der Waals surface area (Å²) in [5.74, 6) is 0.841. The zero-order valence-electron chi connectivity index (χ0n) is 16.7. The Bertz CT molecular complexity index is 1090. The summed E-state index contributed by atoms with van der Waals surface area (Å²) in [6.45, 7) is 2.72. The molecule has 2 aromatic carbocycles. The van der Waals surface area contributed by atoms with Crippen LogP contribution in [0.2, 0.25) is 5.02 Å². The molecule has 2 heterocycles. The highest BCUT2D eigenvalue weighted by Gasteiger charge is 2.31. The summed E-state index contributed by atoms with van der Waals surface area (Å²) in [4.78, 5) is 25.8. The number of imide groups is 1. The largest absolute Gasteiger partial charge is 0.484 e. The van der Waals surface area contributed by atoms with Crippen LogP contribution in [0, 0.1) is 0 Å². The number of carbonyl (C=O) groups excluding carboxylic acids is 2. The Morgan fingerprint density at radius 2 is 1.94 bits per heavy atom. The highest BCUT2D eigenvalue weighted by Crippen LogP contribution is 2.29. The van der Waals surface area contributed by atoms with Crippen LogP contribution in [-0.4, -0.2) is 49.9 Å². The zero-order chi connectivity index (χ0) is 21.8. The van der Waals surface area contributed by atoms with Gasteiger partial charge in [0.05, 0.1) is 10.3 Å². The molecular weight excluding hydrogens is 438 g/mol. The third kappa shape index (κ3) is 4.67. The number of rotatable bonds is 7. The summed E-state index contributed by atoms with van der Waals surface area (Å²) in [7, 11) is 0. The molecule has 1 aliphatic heterocycles. The van der Waals surface area contributed by atoms with Gasteiger partial charge in [-0.3, -0.25) is 14.3 Å². The normalized spacial score (nSPS) is 14.4. The first-order chi connectivity index (χ1) is 15.0. The third-order valence-corrected chi connectivity index (χ3v) is 6.00. The van der Waals surface area contributed by atoms with Gasteiger partial charge in [-0.1, -0.05) is 53.7 Å². The van der Waals surface area contributed by atoms with Crippen molar-refractivity contribution in [2.45, 2.75) is 23.9 Å². The van der Waals surface area contributed by atoms with E-state index < -0.39 is 5.25 Å². The molecule has 0 bridgehead atoms. The Balaban J connectivity index is 1.58. The van der Waals surface area contributed by atoms with Gasteiger partial charge in [-0.25, -0.2) is 4.79 Å². The number of para-hydroxylation sites is 2. The lowest BCUT2D eigenvalue weighted by molar-refractivity contribution is -0.126. The Hall–Kier alpha value is -3.04. The number of amides is 3. The highest BCUT2D eigenvalue weighted by atomic mass is 35.5. The van der Waals surface area contributed by atoms with Gasteiger partial charge in [0.25, 0.3) is 0 Å². The van der Waals surface area contributed by atoms with Crippen molar-refractivity contribution >= 4 is 35.3 Å². The van der Waals surface area contributed by atoms with E-state index in [4.69, 9.17) is 16.3 Å². The Morgan fingerprint density at radius 3 is 2.65 bits per heavy atom. The summed E-state index contributed by atoms with van der Waals surface area (Å²) in [6.07, 6.45) is 0. The van der Waals surface area contributed by atoms with Gasteiger partial charge >= 0.3 is 6.03 Å². The molecule has 3 aromatic rings. The fourth-order valence-electron chi connectivity index (χ4n) is 3.12. The molecule has 1 N–H and O–H groups in total. The first kappa shape index (κ1) is 21.2. The number of aromatic nitrogens is 3. The van der Waals surface area contributed by atoms with Crippen LogP contribution < -0.4 is 10.1 Å². The first-order valence-electron chi connectivity index (χ1n) is 9.67. The molecule has 0 spiro atoms. The molecule has 0 radical (unpaired) electrons. The van der Waals surface area contributed by atoms with Gasteiger partial charge in [-0.2, -0.15) is 0 Å². The van der Waals surface area contributed by atoms with E-state index in [0.29, 0.717) is 34.8 Å². The minimum Gasteiger partial charge on any atom is -0.484 e. The molecule has 4 rings (SSSR count). The number of carbonyl (C=O) groups is 2. The minimum atomic E-state index is -0.521. The number of hydrogen-bond acceptors (Lipinski definition) is 6. The number of nitrogens with zero attached hydrogens (tertiary/aromatic N) is 4. The molecule has 3 amide bonds. The van der Waals surface area contributed by atoms with E-state index in [1.165, 1.54) is 16.7 Å². The molecule has 1 saturated heterocycles. The molecule has 1 atom stereocenters. The monoisotopic (exact) mass is 457 g/mol. The van der Waals surface area contributed by atoms with Crippen LogP contribution in [0.4, 0.5) is 4.79 Å². The van der Waals surface area contributed by atoms with Crippen LogP contribution in [0.15, 0.2) is 59.8 Å². The highest BCUT2D eigenvalue weighted by molar-refractivity contribution is 8.00. The van der Waals surface area contributed by atoms with Crippen LogP contribution in [0.1, 0.15) is 12.7 Å². The summed E-state index contributed by atoms with van der Waals surface area (Å²) in [5, 5.41) is 11.7. The molecular formula is C21H20ClN5O3S. The van der Waals surface area contributed by atoms with Crippen LogP contribution in [0.3, 0.4) is 0 Å². The maximum Gasteiger partial charge on any atom is 0.324 e. The van der Waals surface area contributed by atoms with Crippen LogP contribution >= 0.6 is 23.4 Å². The number of urea groups is 1. The van der Waals surface area contributed by atoms with E-state index >= 15 is 0 Å². The number of halogens is 1. The van der Waals surface area contributed by atoms with Gasteiger partial charge in [0, 0.05) is 18.8 Å². The van der Waals surface area contributed by atoms with Crippen molar-refractivity contribution in [2.75, 3.05) is 13.1 Å². The third-order valence-electron chi connectivity index (χ3n) is 4.66. The zero-order valence-corrected chi connectivity index (χ0v) is 18.3. The van der Waals surface area contributed by atoms with Crippen molar-refractivity contribution in [1.82, 2.24) is 25.0 Å². The van der Waals surface area contributed by atoms with E-state index in [1.807, 2.05) is 47.0 Å². The number of ether oxygens (including phenoxy) is 1. The van der Waals surface area contributed by atoms with Crippen molar-refractivity contribution in [3.8, 4) is 11.4 Å². The average Bonchev–Trinajstić information content (AvgIpc) is 3.39. The van der Waals surface area contributed by atoms with Crippen LogP contribution in [0.5, 0.6) is 5.75 Å². The van der Waals surface area contributed by atoms with Crippen molar-refractivity contribution in [1.29, 1.82) is 0 Å². The van der Waals surface area contributed by atoms with Crippen LogP contribution in [0.25, 0.3) is 5.69 Å². The number of nitrogens with one attached hydrogen (secondary N) is 1. The maximum absolute atomic E-state index is 12.7. The topological polar surface area (TPSA) is 89.3 Å². The Labute approximate surface area is 188 Å². The molecule has 1 aromatic heterocycles. The summed E-state index contributed by atoms with van der Waals surface area (Å²) >= 11 is 7.43. The quantitative estimate of drug-likeness (QED) is 0.546. The summed E-state index contributed by atoms with van der Waals surface area (Å²) in [5.41, 5.74) is 0.839. The number of thioether (sulfide) groups is 1. The van der Waals surface area contributed by atoms with E-state index in [2.05, 4.69) is 15.5 Å². The minimum absolute atomic E-state index is 0.142. The predicted octanol–water partition coefficient (Wildman–Crippen LogP) is 3.53. The maximum atomic E-state index is 12.7. The van der Waals surface area contributed by atoms with Crippen molar-refractivity contribution in [2.24, 2.45) is 0 Å². The lowest BCUT2D eigenvalue weighted by atomic mass is 10.3. The van der Waals surface area contributed by atoms with E-state index in [9.17, 15) is 9.59 Å². The molecule has 160 valence electrons. The second kappa shape index (κ2) is 9.40. The van der Waals surface area contributed by atoms with E-state index in [1.54, 1.807) is 19.1 Å². The molecule has 1 fully saturated rings. The number of benzene rings is 2. The molecule has 0 aliphatic carbocycles. The smallest absolute Gasteiger partial charge is 0.324 e. The Morgan fingerprint density at radius 1 is 1.19 bits per heavy atom. The van der Waals surface area contributed by atoms with Crippen molar-refractivity contribution < 1.29 is 14.3 Å². The predicted molar refractivity (Wildman–Crippen MR) is 118 cm³/mol. The van der Waals surface area contributed by atoms with Gasteiger partial charge in [0.1, 0.15) is 12.4 Å².